The van der Waals surface area contributed by atoms with Crippen molar-refractivity contribution in [3.05, 3.63) is 0 Å². The normalized spacial score (nSPS) is 46.6. The van der Waals surface area contributed by atoms with Crippen LogP contribution in [0.15, 0.2) is 0 Å². The lowest BCUT2D eigenvalue weighted by Gasteiger charge is -2.50. The van der Waals surface area contributed by atoms with E-state index in [1.54, 1.807) is 0 Å². The second kappa shape index (κ2) is 8.19. The van der Waals surface area contributed by atoms with Crippen LogP contribution in [0.2, 0.25) is 0 Å². The first-order chi connectivity index (χ1) is 11.8. The van der Waals surface area contributed by atoms with Crippen LogP contribution >= 0.6 is 11.6 Å². The zero-order valence-electron chi connectivity index (χ0n) is 14.6. The number of hydrazine groups is 1. The lowest BCUT2D eigenvalue weighted by Crippen LogP contribution is -2.70. The first kappa shape index (κ1) is 17.5. The second-order valence-electron chi connectivity index (χ2n) is 8.26. The van der Waals surface area contributed by atoms with Crippen LogP contribution < -0.4 is 21.5 Å². The van der Waals surface area contributed by atoms with E-state index >= 15 is 0 Å². The Bertz CT molecular complexity index is 398. The number of rotatable bonds is 4. The van der Waals surface area contributed by atoms with E-state index in [0.29, 0.717) is 29.4 Å². The predicted molar refractivity (Wildman–Crippen MR) is 96.8 cm³/mol. The molecule has 3 saturated heterocycles. The molecule has 138 valence electrons. The largest absolute Gasteiger partial charge is 0.381 e. The number of fused-ring (bicyclic) bond motifs is 1. The van der Waals surface area contributed by atoms with E-state index in [4.69, 9.17) is 16.3 Å². The number of ether oxygens (including phenoxy) is 1. The minimum atomic E-state index is 0.365. The van der Waals surface area contributed by atoms with Gasteiger partial charge in [-0.25, -0.2) is 5.43 Å². The minimum absolute atomic E-state index is 0.365. The Balaban J connectivity index is 1.36. The average Bonchev–Trinajstić information content (AvgIpc) is 3.14. The van der Waals surface area contributed by atoms with Gasteiger partial charge >= 0.3 is 0 Å². The third-order valence-electron chi connectivity index (χ3n) is 6.74. The molecule has 1 aliphatic carbocycles. The molecule has 0 amide bonds. The van der Waals surface area contributed by atoms with Gasteiger partial charge in [0.05, 0.1) is 12.8 Å². The molecule has 0 spiro atoms. The summed E-state index contributed by atoms with van der Waals surface area (Å²) >= 11 is 6.32. The minimum Gasteiger partial charge on any atom is -0.381 e. The van der Waals surface area contributed by atoms with Crippen molar-refractivity contribution in [2.75, 3.05) is 32.8 Å². The van der Waals surface area contributed by atoms with Crippen molar-refractivity contribution < 1.29 is 4.74 Å². The molecule has 0 radical (unpaired) electrons. The Kier molecular flexibility index (Phi) is 5.97. The number of piperidine rings is 1. The fourth-order valence-corrected chi connectivity index (χ4v) is 5.51. The third kappa shape index (κ3) is 3.92. The molecule has 0 aromatic heterocycles. The Hall–Kier alpha value is 0.0900. The highest BCUT2D eigenvalue weighted by Gasteiger charge is 2.43. The molecule has 1 saturated carbocycles. The second-order valence-corrected chi connectivity index (χ2v) is 8.88. The zero-order valence-corrected chi connectivity index (χ0v) is 15.4. The predicted octanol–water partition coefficient (Wildman–Crippen LogP) is 1.44. The number of alkyl halides is 1. The van der Waals surface area contributed by atoms with Gasteiger partial charge in [0.1, 0.15) is 0 Å². The SMILES string of the molecule is ClC1CCC(C2NNC(NC[C@H]3CCOC3)C3CNCCC32)CC1. The van der Waals surface area contributed by atoms with E-state index < -0.39 is 0 Å². The Morgan fingerprint density at radius 3 is 2.67 bits per heavy atom. The van der Waals surface area contributed by atoms with Crippen molar-refractivity contribution in [2.45, 2.75) is 56.1 Å². The number of hydrogen-bond donors (Lipinski definition) is 4. The first-order valence-corrected chi connectivity index (χ1v) is 10.4. The average molecular weight is 357 g/mol. The summed E-state index contributed by atoms with van der Waals surface area (Å²) in [7, 11) is 0. The van der Waals surface area contributed by atoms with Gasteiger partial charge in [-0.3, -0.25) is 5.43 Å². The van der Waals surface area contributed by atoms with Crippen molar-refractivity contribution in [1.29, 1.82) is 0 Å². The van der Waals surface area contributed by atoms with Crippen LogP contribution in [0.25, 0.3) is 0 Å². The van der Waals surface area contributed by atoms with Gasteiger partial charge < -0.3 is 15.4 Å². The van der Waals surface area contributed by atoms with Gasteiger partial charge in [0.25, 0.3) is 0 Å². The summed E-state index contributed by atoms with van der Waals surface area (Å²) < 4.78 is 5.51. The molecule has 24 heavy (non-hydrogen) atoms. The molecule has 3 aliphatic heterocycles. The summed E-state index contributed by atoms with van der Waals surface area (Å²) in [5.74, 6) is 2.89. The molecule has 6 heteroatoms. The van der Waals surface area contributed by atoms with Crippen molar-refractivity contribution in [2.24, 2.45) is 23.7 Å². The van der Waals surface area contributed by atoms with Crippen LogP contribution in [0.5, 0.6) is 0 Å². The molecule has 0 aromatic carbocycles. The van der Waals surface area contributed by atoms with Crippen molar-refractivity contribution in [3.8, 4) is 0 Å². The van der Waals surface area contributed by atoms with Gasteiger partial charge in [-0.2, -0.15) is 0 Å². The molecule has 5 nitrogen and oxygen atoms in total. The van der Waals surface area contributed by atoms with E-state index in [9.17, 15) is 0 Å². The summed E-state index contributed by atoms with van der Waals surface area (Å²) in [6, 6.07) is 0.606. The quantitative estimate of drug-likeness (QED) is 0.574. The Labute approximate surface area is 151 Å². The Morgan fingerprint density at radius 1 is 1.00 bits per heavy atom. The summed E-state index contributed by atoms with van der Waals surface area (Å²) in [5.41, 5.74) is 7.34. The molecular formula is C18H33ClN4O. The van der Waals surface area contributed by atoms with Crippen LogP contribution in [0.4, 0.5) is 0 Å². The maximum atomic E-state index is 6.32. The highest BCUT2D eigenvalue weighted by Crippen LogP contribution is 2.38. The van der Waals surface area contributed by atoms with Gasteiger partial charge in [0.2, 0.25) is 0 Å². The third-order valence-corrected chi connectivity index (χ3v) is 7.18. The van der Waals surface area contributed by atoms with Crippen molar-refractivity contribution in [1.82, 2.24) is 21.5 Å². The number of nitrogens with one attached hydrogen (secondary N) is 4. The van der Waals surface area contributed by atoms with Gasteiger partial charge in [-0.1, -0.05) is 0 Å². The molecule has 5 atom stereocenters. The first-order valence-electron chi connectivity index (χ1n) is 9.98. The van der Waals surface area contributed by atoms with Crippen LogP contribution in [0, 0.1) is 23.7 Å². The van der Waals surface area contributed by atoms with Gasteiger partial charge in [-0.05, 0) is 62.8 Å². The molecule has 4 fully saturated rings. The summed E-state index contributed by atoms with van der Waals surface area (Å²) in [6.45, 7) is 5.20. The lowest BCUT2D eigenvalue weighted by atomic mass is 9.70. The van der Waals surface area contributed by atoms with E-state index in [0.717, 1.165) is 44.7 Å². The van der Waals surface area contributed by atoms with Crippen LogP contribution in [-0.2, 0) is 4.74 Å². The van der Waals surface area contributed by atoms with Gasteiger partial charge in [-0.15, -0.1) is 11.6 Å². The molecule has 4 unspecified atom stereocenters. The molecule has 4 aliphatic rings. The maximum Gasteiger partial charge on any atom is 0.0748 e. The molecule has 0 aromatic rings. The van der Waals surface area contributed by atoms with E-state index in [1.165, 1.54) is 38.5 Å². The summed E-state index contributed by atoms with van der Waals surface area (Å²) in [6.07, 6.45) is 7.78. The van der Waals surface area contributed by atoms with Crippen molar-refractivity contribution >= 4 is 11.6 Å². The molecular weight excluding hydrogens is 324 g/mol. The van der Waals surface area contributed by atoms with Crippen molar-refractivity contribution in [3.63, 3.8) is 0 Å². The summed E-state index contributed by atoms with van der Waals surface area (Å²) in [4.78, 5) is 0. The van der Waals surface area contributed by atoms with Crippen LogP contribution in [0.1, 0.15) is 38.5 Å². The van der Waals surface area contributed by atoms with Gasteiger partial charge in [0.15, 0.2) is 0 Å². The number of hydrogen-bond acceptors (Lipinski definition) is 5. The molecule has 4 rings (SSSR count). The maximum absolute atomic E-state index is 6.32. The van der Waals surface area contributed by atoms with E-state index in [-0.39, 0.29) is 0 Å². The van der Waals surface area contributed by atoms with Gasteiger partial charge in [0, 0.05) is 37.0 Å². The highest BCUT2D eigenvalue weighted by atomic mass is 35.5. The number of halogens is 1. The lowest BCUT2D eigenvalue weighted by molar-refractivity contribution is 0.0312. The van der Waals surface area contributed by atoms with E-state index in [1.807, 2.05) is 0 Å². The highest BCUT2D eigenvalue weighted by molar-refractivity contribution is 6.20. The molecule has 3 heterocycles. The fourth-order valence-electron chi connectivity index (χ4n) is 5.26. The topological polar surface area (TPSA) is 57.3 Å². The smallest absolute Gasteiger partial charge is 0.0748 e. The fraction of sp³-hybridized carbons (Fsp3) is 1.00. The molecule has 4 N–H and O–H groups in total. The van der Waals surface area contributed by atoms with E-state index in [2.05, 4.69) is 21.5 Å². The van der Waals surface area contributed by atoms with Crippen LogP contribution in [0.3, 0.4) is 0 Å². The zero-order chi connectivity index (χ0) is 16.4. The van der Waals surface area contributed by atoms with Crippen LogP contribution in [-0.4, -0.2) is 50.4 Å². The Morgan fingerprint density at radius 2 is 1.88 bits per heavy atom. The molecule has 0 bridgehead atoms. The monoisotopic (exact) mass is 356 g/mol. The summed E-state index contributed by atoms with van der Waals surface area (Å²) in [5, 5.41) is 7.80. The standard InChI is InChI=1S/C18H33ClN4O/c19-14-3-1-13(2-4-14)17-15-5-7-20-10-16(15)18(23-22-17)21-9-12-6-8-24-11-12/h12-18,20-23H,1-11H2/t12-,13?,14?,15?,16?,17?,18?/m1/s1.